The molecule has 0 aromatic heterocycles. The molecule has 0 unspecified atom stereocenters. The average Bonchev–Trinajstić information content (AvgIpc) is 2.14. The van der Waals surface area contributed by atoms with E-state index >= 15 is 0 Å². The molecule has 1 aromatic rings. The van der Waals surface area contributed by atoms with Gasteiger partial charge in [-0.25, -0.2) is 9.38 Å². The van der Waals surface area contributed by atoms with Crippen LogP contribution in [0.2, 0.25) is 0 Å². The molecule has 0 N–H and O–H groups in total. The van der Waals surface area contributed by atoms with Crippen molar-refractivity contribution in [2.75, 3.05) is 0 Å². The van der Waals surface area contributed by atoms with Crippen LogP contribution in [-0.4, -0.2) is 11.5 Å². The summed E-state index contributed by atoms with van der Waals surface area (Å²) >= 11 is 6.79. The summed E-state index contributed by atoms with van der Waals surface area (Å²) in [6.07, 6.45) is 0. The summed E-state index contributed by atoms with van der Waals surface area (Å²) in [5.41, 5.74) is -0.368. The highest BCUT2D eigenvalue weighted by molar-refractivity contribution is 9.24. The summed E-state index contributed by atoms with van der Waals surface area (Å²) in [6.45, 7) is 3.46. The zero-order valence-electron chi connectivity index (χ0n) is 8.69. The molecule has 1 aliphatic rings. The third kappa shape index (κ3) is 1.56. The topological polar surface area (TPSA) is 12.4 Å². The van der Waals surface area contributed by atoms with E-state index in [2.05, 4.69) is 36.9 Å². The number of rotatable bonds is 0. The molecule has 16 heavy (non-hydrogen) atoms. The molecule has 0 aliphatic carbocycles. The molecular weight excluding hydrogens is 344 g/mol. The molecule has 0 amide bonds. The molecule has 1 nitrogen and oxygen atoms in total. The number of hydrogen-bond donors (Lipinski definition) is 0. The van der Waals surface area contributed by atoms with Crippen molar-refractivity contribution < 1.29 is 8.78 Å². The summed E-state index contributed by atoms with van der Waals surface area (Å²) in [7, 11) is 0. The van der Waals surface area contributed by atoms with Crippen molar-refractivity contribution in [2.45, 2.75) is 22.6 Å². The molecule has 0 spiro atoms. The lowest BCUT2D eigenvalue weighted by molar-refractivity contribution is 0.456. The highest BCUT2D eigenvalue weighted by Crippen LogP contribution is 2.53. The van der Waals surface area contributed by atoms with E-state index in [4.69, 9.17) is 0 Å². The smallest absolute Gasteiger partial charge is 0.216 e. The maximum absolute atomic E-state index is 13.8. The first-order chi connectivity index (χ1) is 7.27. The quantitative estimate of drug-likeness (QED) is 0.618. The van der Waals surface area contributed by atoms with E-state index in [1.165, 1.54) is 18.2 Å². The van der Waals surface area contributed by atoms with Crippen LogP contribution in [0.25, 0.3) is 0 Å². The van der Waals surface area contributed by atoms with Gasteiger partial charge in [0.15, 0.2) is 0 Å². The normalized spacial score (nSPS) is 21.2. The van der Waals surface area contributed by atoms with Gasteiger partial charge in [-0.05, 0) is 26.0 Å². The number of hydrogen-bond acceptors (Lipinski definition) is 1. The molecule has 2 rings (SSSR count). The van der Waals surface area contributed by atoms with Crippen LogP contribution in [-0.2, 0) is 3.23 Å². The molecule has 1 heterocycles. The molecule has 1 aliphatic heterocycles. The van der Waals surface area contributed by atoms with Crippen LogP contribution in [0.4, 0.5) is 8.78 Å². The largest absolute Gasteiger partial charge is 0.248 e. The Kier molecular flexibility index (Phi) is 2.74. The molecule has 0 atom stereocenters. The Bertz CT molecular complexity index is 481. The van der Waals surface area contributed by atoms with Crippen molar-refractivity contribution in [3.8, 4) is 0 Å². The van der Waals surface area contributed by atoms with Gasteiger partial charge in [-0.15, -0.1) is 0 Å². The Hall–Kier alpha value is -0.290. The number of alkyl halides is 2. The van der Waals surface area contributed by atoms with E-state index in [-0.39, 0.29) is 11.1 Å². The van der Waals surface area contributed by atoms with Gasteiger partial charge < -0.3 is 0 Å². The van der Waals surface area contributed by atoms with Crippen molar-refractivity contribution in [1.29, 1.82) is 0 Å². The van der Waals surface area contributed by atoms with Gasteiger partial charge in [0.25, 0.3) is 0 Å². The summed E-state index contributed by atoms with van der Waals surface area (Å²) in [5, 5.41) is 0. The molecule has 0 fully saturated rings. The lowest BCUT2D eigenvalue weighted by Crippen LogP contribution is -2.41. The lowest BCUT2D eigenvalue weighted by Gasteiger charge is -2.39. The number of halogens is 4. The van der Waals surface area contributed by atoms with Gasteiger partial charge in [0.2, 0.25) is 5.97 Å². The molecule has 86 valence electrons. The molecule has 1 aromatic carbocycles. The third-order valence-corrected chi connectivity index (χ3v) is 5.43. The predicted molar refractivity (Wildman–Crippen MR) is 67.7 cm³/mol. The van der Waals surface area contributed by atoms with Gasteiger partial charge in [0.05, 0.1) is 5.54 Å². The second-order valence-corrected chi connectivity index (χ2v) is 7.64. The Morgan fingerprint density at radius 3 is 2.44 bits per heavy atom. The molecule has 0 saturated carbocycles. The fraction of sp³-hybridized carbons (Fsp3) is 0.364. The maximum atomic E-state index is 13.8. The maximum Gasteiger partial charge on any atom is 0.216 e. The lowest BCUT2D eigenvalue weighted by atomic mass is 9.89. The second-order valence-electron chi connectivity index (χ2n) is 4.20. The van der Waals surface area contributed by atoms with Crippen molar-refractivity contribution in [3.05, 3.63) is 35.1 Å². The van der Waals surface area contributed by atoms with Gasteiger partial charge in [-0.1, -0.05) is 37.9 Å². The summed E-state index contributed by atoms with van der Waals surface area (Å²) in [6, 6.07) is 4.30. The van der Waals surface area contributed by atoms with Gasteiger partial charge in [-0.2, -0.15) is 4.39 Å². The highest BCUT2D eigenvalue weighted by Gasteiger charge is 2.49. The van der Waals surface area contributed by atoms with E-state index in [9.17, 15) is 8.78 Å². The first-order valence-corrected chi connectivity index (χ1v) is 6.28. The standard InChI is InChI=1S/C11H9Br2F2N/c1-10(2)11(12,13)8-6(9(15)16-10)4-3-5-7(8)14/h3-5H,1-2H3. The van der Waals surface area contributed by atoms with Crippen LogP contribution >= 0.6 is 31.9 Å². The molecular formula is C11H9Br2F2N. The Morgan fingerprint density at radius 1 is 1.19 bits per heavy atom. The van der Waals surface area contributed by atoms with Crippen LogP contribution in [0.5, 0.6) is 0 Å². The number of fused-ring (bicyclic) bond motifs is 1. The summed E-state index contributed by atoms with van der Waals surface area (Å²) in [5.74, 6) is -1.08. The molecule has 0 radical (unpaired) electrons. The fourth-order valence-corrected chi connectivity index (χ4v) is 2.68. The Balaban J connectivity index is 2.81. The highest BCUT2D eigenvalue weighted by atomic mass is 79.9. The van der Waals surface area contributed by atoms with Crippen LogP contribution < -0.4 is 0 Å². The van der Waals surface area contributed by atoms with Crippen LogP contribution in [0.15, 0.2) is 23.2 Å². The average molecular weight is 353 g/mol. The summed E-state index contributed by atoms with van der Waals surface area (Å²) < 4.78 is 26.6. The Morgan fingerprint density at radius 2 is 1.81 bits per heavy atom. The number of benzene rings is 1. The number of aliphatic imine (C=N–C) groups is 1. The van der Waals surface area contributed by atoms with Crippen molar-refractivity contribution in [1.82, 2.24) is 0 Å². The zero-order valence-corrected chi connectivity index (χ0v) is 11.9. The Labute approximate surface area is 109 Å². The third-order valence-electron chi connectivity index (χ3n) is 2.70. The van der Waals surface area contributed by atoms with Crippen molar-refractivity contribution in [2.24, 2.45) is 4.99 Å². The zero-order chi connectivity index (χ0) is 12.1. The second kappa shape index (κ2) is 3.60. The predicted octanol–water partition coefficient (Wildman–Crippen LogP) is 4.28. The first kappa shape index (κ1) is 12.2. The van der Waals surface area contributed by atoms with Gasteiger partial charge in [-0.3, -0.25) is 0 Å². The van der Waals surface area contributed by atoms with E-state index in [1.54, 1.807) is 13.8 Å². The van der Waals surface area contributed by atoms with Crippen molar-refractivity contribution in [3.63, 3.8) is 0 Å². The molecule has 5 heteroatoms. The van der Waals surface area contributed by atoms with Crippen LogP contribution in [0.3, 0.4) is 0 Å². The van der Waals surface area contributed by atoms with E-state index in [0.717, 1.165) is 0 Å². The minimum absolute atomic E-state index is 0.188. The van der Waals surface area contributed by atoms with Gasteiger partial charge in [0, 0.05) is 11.1 Å². The SMILES string of the molecule is CC1(C)N=C(F)c2cccc(F)c2C1(Br)Br. The minimum atomic E-state index is -0.900. The van der Waals surface area contributed by atoms with E-state index in [1.807, 2.05) is 0 Å². The molecule has 0 bridgehead atoms. The van der Waals surface area contributed by atoms with Gasteiger partial charge >= 0.3 is 0 Å². The minimum Gasteiger partial charge on any atom is -0.248 e. The first-order valence-electron chi connectivity index (χ1n) is 4.70. The number of nitrogens with zero attached hydrogens (tertiary/aromatic N) is 1. The van der Waals surface area contributed by atoms with Crippen molar-refractivity contribution >= 4 is 37.8 Å². The van der Waals surface area contributed by atoms with Crippen LogP contribution in [0, 0.1) is 5.82 Å². The molecule has 0 saturated heterocycles. The monoisotopic (exact) mass is 351 g/mol. The summed E-state index contributed by atoms with van der Waals surface area (Å²) in [4.78, 5) is 3.94. The van der Waals surface area contributed by atoms with E-state index in [0.29, 0.717) is 0 Å². The van der Waals surface area contributed by atoms with E-state index < -0.39 is 20.6 Å². The van der Waals surface area contributed by atoms with Gasteiger partial charge in [0.1, 0.15) is 9.05 Å². The fourth-order valence-electron chi connectivity index (χ4n) is 1.70. The van der Waals surface area contributed by atoms with Crippen LogP contribution in [0.1, 0.15) is 25.0 Å².